The molecule has 0 saturated heterocycles. The summed E-state index contributed by atoms with van der Waals surface area (Å²) in [5, 5.41) is 3.66. The summed E-state index contributed by atoms with van der Waals surface area (Å²) in [4.78, 5) is 1.28. The Kier molecular flexibility index (Phi) is 3.65. The van der Waals surface area contributed by atoms with Crippen LogP contribution in [0.4, 0.5) is 5.69 Å². The SMILES string of the molecule is CSc1ccccc1NC1CCOc2ccccc21. The van der Waals surface area contributed by atoms with Crippen LogP contribution in [0, 0.1) is 0 Å². The first kappa shape index (κ1) is 12.4. The second-order valence-electron chi connectivity index (χ2n) is 4.57. The molecule has 0 fully saturated rings. The Labute approximate surface area is 118 Å². The molecular weight excluding hydrogens is 254 g/mol. The number of nitrogens with one attached hydrogen (secondary N) is 1. The largest absolute Gasteiger partial charge is 0.493 e. The van der Waals surface area contributed by atoms with E-state index in [4.69, 9.17) is 4.74 Å². The number of thioether (sulfide) groups is 1. The molecule has 2 aromatic carbocycles. The summed E-state index contributed by atoms with van der Waals surface area (Å²) in [6, 6.07) is 17.1. The van der Waals surface area contributed by atoms with Crippen LogP contribution in [-0.2, 0) is 0 Å². The van der Waals surface area contributed by atoms with E-state index in [1.807, 2.05) is 12.1 Å². The third-order valence-corrected chi connectivity index (χ3v) is 4.19. The van der Waals surface area contributed by atoms with Crippen molar-refractivity contribution >= 4 is 17.4 Å². The Hall–Kier alpha value is -1.61. The van der Waals surface area contributed by atoms with Gasteiger partial charge < -0.3 is 10.1 Å². The van der Waals surface area contributed by atoms with Crippen molar-refractivity contribution in [2.24, 2.45) is 0 Å². The average Bonchev–Trinajstić information content (AvgIpc) is 2.48. The maximum absolute atomic E-state index is 5.70. The van der Waals surface area contributed by atoms with Crippen molar-refractivity contribution in [3.8, 4) is 5.75 Å². The van der Waals surface area contributed by atoms with Crippen LogP contribution < -0.4 is 10.1 Å². The molecule has 2 aromatic rings. The van der Waals surface area contributed by atoms with Crippen LogP contribution in [0.5, 0.6) is 5.75 Å². The van der Waals surface area contributed by atoms with E-state index in [-0.39, 0.29) is 0 Å². The van der Waals surface area contributed by atoms with Crippen LogP contribution >= 0.6 is 11.8 Å². The number of rotatable bonds is 3. The van der Waals surface area contributed by atoms with Crippen LogP contribution in [0.15, 0.2) is 53.4 Å². The van der Waals surface area contributed by atoms with Gasteiger partial charge in [0.15, 0.2) is 0 Å². The smallest absolute Gasteiger partial charge is 0.124 e. The first-order valence-electron chi connectivity index (χ1n) is 6.50. The van der Waals surface area contributed by atoms with Gasteiger partial charge in [0.1, 0.15) is 5.75 Å². The Morgan fingerprint density at radius 3 is 2.79 bits per heavy atom. The van der Waals surface area contributed by atoms with Crippen molar-refractivity contribution in [2.75, 3.05) is 18.2 Å². The van der Waals surface area contributed by atoms with E-state index in [2.05, 4.69) is 48.0 Å². The second-order valence-corrected chi connectivity index (χ2v) is 5.42. The molecule has 3 rings (SSSR count). The Morgan fingerprint density at radius 1 is 1.11 bits per heavy atom. The number of benzene rings is 2. The van der Waals surface area contributed by atoms with Crippen LogP contribution in [0.25, 0.3) is 0 Å². The Balaban J connectivity index is 1.88. The fourth-order valence-electron chi connectivity index (χ4n) is 2.44. The highest BCUT2D eigenvalue weighted by Gasteiger charge is 2.21. The monoisotopic (exact) mass is 271 g/mol. The molecule has 0 spiro atoms. The van der Waals surface area contributed by atoms with E-state index in [9.17, 15) is 0 Å². The van der Waals surface area contributed by atoms with Gasteiger partial charge in [0.2, 0.25) is 0 Å². The third kappa shape index (κ3) is 2.56. The number of hydrogen-bond donors (Lipinski definition) is 1. The van der Waals surface area contributed by atoms with Crippen molar-refractivity contribution in [3.05, 3.63) is 54.1 Å². The first-order chi connectivity index (χ1) is 9.38. The van der Waals surface area contributed by atoms with Gasteiger partial charge in [-0.1, -0.05) is 30.3 Å². The number of hydrogen-bond acceptors (Lipinski definition) is 3. The molecule has 0 radical (unpaired) electrons. The van der Waals surface area contributed by atoms with E-state index < -0.39 is 0 Å². The molecule has 0 aromatic heterocycles. The van der Waals surface area contributed by atoms with Crippen LogP contribution in [0.1, 0.15) is 18.0 Å². The molecule has 98 valence electrons. The Bertz CT molecular complexity index is 570. The highest BCUT2D eigenvalue weighted by Crippen LogP contribution is 2.36. The predicted molar refractivity (Wildman–Crippen MR) is 81.1 cm³/mol. The fraction of sp³-hybridized carbons (Fsp3) is 0.250. The van der Waals surface area contributed by atoms with Crippen molar-refractivity contribution in [2.45, 2.75) is 17.4 Å². The first-order valence-corrected chi connectivity index (χ1v) is 7.72. The zero-order valence-corrected chi connectivity index (χ0v) is 11.7. The van der Waals surface area contributed by atoms with Crippen molar-refractivity contribution < 1.29 is 4.74 Å². The zero-order valence-electron chi connectivity index (χ0n) is 10.9. The number of anilines is 1. The molecule has 0 bridgehead atoms. The minimum atomic E-state index is 0.332. The molecule has 0 amide bonds. The van der Waals surface area contributed by atoms with E-state index in [1.165, 1.54) is 16.1 Å². The lowest BCUT2D eigenvalue weighted by molar-refractivity contribution is 0.274. The van der Waals surface area contributed by atoms with E-state index in [0.717, 1.165) is 18.8 Å². The highest BCUT2D eigenvalue weighted by molar-refractivity contribution is 7.98. The molecular formula is C16H17NOS. The summed E-state index contributed by atoms with van der Waals surface area (Å²) in [5.41, 5.74) is 2.46. The zero-order chi connectivity index (χ0) is 13.1. The summed E-state index contributed by atoms with van der Waals surface area (Å²) in [6.07, 6.45) is 3.11. The van der Waals surface area contributed by atoms with Crippen molar-refractivity contribution in [3.63, 3.8) is 0 Å². The van der Waals surface area contributed by atoms with Gasteiger partial charge in [-0.15, -0.1) is 11.8 Å². The lowest BCUT2D eigenvalue weighted by atomic mass is 10.0. The Morgan fingerprint density at radius 2 is 1.89 bits per heavy atom. The fourth-order valence-corrected chi connectivity index (χ4v) is 3.01. The summed E-state index contributed by atoms with van der Waals surface area (Å²) < 4.78 is 5.70. The molecule has 0 saturated carbocycles. The van der Waals surface area contributed by atoms with Gasteiger partial charge in [0.05, 0.1) is 12.6 Å². The van der Waals surface area contributed by atoms with Gasteiger partial charge in [-0.3, -0.25) is 0 Å². The predicted octanol–water partition coefficient (Wildman–Crippen LogP) is 4.34. The third-order valence-electron chi connectivity index (χ3n) is 3.40. The molecule has 0 aliphatic carbocycles. The molecule has 2 nitrogen and oxygen atoms in total. The standard InChI is InChI=1S/C16H17NOS/c1-19-16-9-5-3-7-14(16)17-13-10-11-18-15-8-4-2-6-12(13)15/h2-9,13,17H,10-11H2,1H3. The highest BCUT2D eigenvalue weighted by atomic mass is 32.2. The summed E-state index contributed by atoms with van der Waals surface area (Å²) in [5.74, 6) is 1.01. The topological polar surface area (TPSA) is 21.3 Å². The second kappa shape index (κ2) is 5.57. The molecule has 1 atom stereocenters. The van der Waals surface area contributed by atoms with E-state index >= 15 is 0 Å². The van der Waals surface area contributed by atoms with Crippen molar-refractivity contribution in [1.82, 2.24) is 0 Å². The van der Waals surface area contributed by atoms with Gasteiger partial charge in [0.25, 0.3) is 0 Å². The van der Waals surface area contributed by atoms with Gasteiger partial charge in [-0.05, 0) is 24.5 Å². The minimum Gasteiger partial charge on any atom is -0.493 e. The number of para-hydroxylation sites is 2. The summed E-state index contributed by atoms with van der Waals surface area (Å²) in [6.45, 7) is 0.774. The molecule has 1 N–H and O–H groups in total. The average molecular weight is 271 g/mol. The quantitative estimate of drug-likeness (QED) is 0.839. The maximum atomic E-state index is 5.70. The normalized spacial score (nSPS) is 17.4. The van der Waals surface area contributed by atoms with Crippen molar-refractivity contribution in [1.29, 1.82) is 0 Å². The lowest BCUT2D eigenvalue weighted by Gasteiger charge is -2.28. The molecule has 19 heavy (non-hydrogen) atoms. The lowest BCUT2D eigenvalue weighted by Crippen LogP contribution is -2.20. The van der Waals surface area contributed by atoms with Crippen LogP contribution in [0.3, 0.4) is 0 Å². The minimum absolute atomic E-state index is 0.332. The number of fused-ring (bicyclic) bond motifs is 1. The molecule has 1 aliphatic heterocycles. The maximum Gasteiger partial charge on any atom is 0.124 e. The molecule has 1 aliphatic rings. The summed E-state index contributed by atoms with van der Waals surface area (Å²) in [7, 11) is 0. The van der Waals surface area contributed by atoms with Crippen LogP contribution in [0.2, 0.25) is 0 Å². The van der Waals surface area contributed by atoms with E-state index in [1.54, 1.807) is 11.8 Å². The molecule has 1 unspecified atom stereocenters. The summed E-state index contributed by atoms with van der Waals surface area (Å²) >= 11 is 1.77. The van der Waals surface area contributed by atoms with Gasteiger partial charge in [-0.2, -0.15) is 0 Å². The van der Waals surface area contributed by atoms with Gasteiger partial charge in [-0.25, -0.2) is 0 Å². The molecule has 3 heteroatoms. The van der Waals surface area contributed by atoms with Gasteiger partial charge in [0, 0.05) is 22.6 Å². The van der Waals surface area contributed by atoms with E-state index in [0.29, 0.717) is 6.04 Å². The van der Waals surface area contributed by atoms with Crippen LogP contribution in [-0.4, -0.2) is 12.9 Å². The molecule has 1 heterocycles. The number of ether oxygens (including phenoxy) is 1. The van der Waals surface area contributed by atoms with Gasteiger partial charge >= 0.3 is 0 Å².